The van der Waals surface area contributed by atoms with E-state index in [0.717, 1.165) is 16.7 Å². The minimum absolute atomic E-state index is 0.0588. The molecule has 5 nitrogen and oxygen atoms in total. The Morgan fingerprint density at radius 1 is 0.944 bits per heavy atom. The maximum atomic E-state index is 14.7. The highest BCUT2D eigenvalue weighted by Crippen LogP contribution is 2.22. The Hall–Kier alpha value is -3.67. The SMILES string of the molecule is Cc1cccc(OCC(=O)N(Cc2ccccc2F)C(Cc2ccccc2)C(=O)NC(C)(C)C)c1C. The first-order valence-electron chi connectivity index (χ1n) is 12.1. The van der Waals surface area contributed by atoms with Crippen molar-refractivity contribution in [3.63, 3.8) is 0 Å². The molecule has 1 unspecified atom stereocenters. The molecule has 190 valence electrons. The number of ether oxygens (including phenoxy) is 1. The van der Waals surface area contributed by atoms with Crippen LogP contribution in [0.3, 0.4) is 0 Å². The third-order valence-corrected chi connectivity index (χ3v) is 5.97. The molecule has 0 saturated carbocycles. The molecule has 2 amide bonds. The first-order chi connectivity index (χ1) is 17.0. The number of carbonyl (C=O) groups is 2. The van der Waals surface area contributed by atoms with Crippen molar-refractivity contribution in [2.24, 2.45) is 0 Å². The van der Waals surface area contributed by atoms with Crippen molar-refractivity contribution in [1.82, 2.24) is 10.2 Å². The van der Waals surface area contributed by atoms with Crippen molar-refractivity contribution in [3.05, 3.63) is 101 Å². The van der Waals surface area contributed by atoms with Gasteiger partial charge in [0.2, 0.25) is 5.91 Å². The molecule has 3 rings (SSSR count). The molecule has 0 saturated heterocycles. The van der Waals surface area contributed by atoms with Gasteiger partial charge < -0.3 is 15.0 Å². The van der Waals surface area contributed by atoms with E-state index in [1.807, 2.05) is 83.1 Å². The van der Waals surface area contributed by atoms with E-state index < -0.39 is 23.3 Å². The van der Waals surface area contributed by atoms with Crippen molar-refractivity contribution >= 4 is 11.8 Å². The van der Waals surface area contributed by atoms with Crippen LogP contribution in [0.2, 0.25) is 0 Å². The number of hydrogen-bond donors (Lipinski definition) is 1. The third kappa shape index (κ3) is 7.41. The molecule has 0 aromatic heterocycles. The van der Waals surface area contributed by atoms with Gasteiger partial charge in [-0.15, -0.1) is 0 Å². The fourth-order valence-electron chi connectivity index (χ4n) is 3.92. The fourth-order valence-corrected chi connectivity index (χ4v) is 3.92. The highest BCUT2D eigenvalue weighted by atomic mass is 19.1. The van der Waals surface area contributed by atoms with Gasteiger partial charge in [0.05, 0.1) is 0 Å². The standard InChI is InChI=1S/C30H35FN2O3/c1-21-12-11-17-27(22(21)2)36-20-28(34)33(19-24-15-9-10-16-25(24)31)26(29(35)32-30(3,4)5)18-23-13-7-6-8-14-23/h6-17,26H,18-20H2,1-5H3,(H,32,35). The van der Waals surface area contributed by atoms with Gasteiger partial charge >= 0.3 is 0 Å². The fraction of sp³-hybridized carbons (Fsp3) is 0.333. The number of nitrogens with one attached hydrogen (secondary N) is 1. The maximum absolute atomic E-state index is 14.7. The zero-order valence-corrected chi connectivity index (χ0v) is 21.7. The van der Waals surface area contributed by atoms with E-state index in [-0.39, 0.29) is 25.5 Å². The smallest absolute Gasteiger partial charge is 0.261 e. The van der Waals surface area contributed by atoms with Gasteiger partial charge in [-0.05, 0) is 63.4 Å². The van der Waals surface area contributed by atoms with Gasteiger partial charge in [0.1, 0.15) is 17.6 Å². The topological polar surface area (TPSA) is 58.6 Å². The molecule has 0 radical (unpaired) electrons. The normalized spacial score (nSPS) is 12.1. The molecule has 0 fully saturated rings. The summed E-state index contributed by atoms with van der Waals surface area (Å²) in [6, 6.07) is 20.6. The van der Waals surface area contributed by atoms with Crippen molar-refractivity contribution in [3.8, 4) is 5.75 Å². The summed E-state index contributed by atoms with van der Waals surface area (Å²) in [5.74, 6) is -0.527. The number of nitrogens with zero attached hydrogens (tertiary/aromatic N) is 1. The van der Waals surface area contributed by atoms with Crippen molar-refractivity contribution < 1.29 is 18.7 Å². The Bertz CT molecular complexity index is 1190. The van der Waals surface area contributed by atoms with Gasteiger partial charge in [-0.1, -0.05) is 60.7 Å². The minimum Gasteiger partial charge on any atom is -0.483 e. The van der Waals surface area contributed by atoms with Gasteiger partial charge in [0, 0.05) is 24.1 Å². The van der Waals surface area contributed by atoms with Crippen LogP contribution < -0.4 is 10.1 Å². The largest absolute Gasteiger partial charge is 0.483 e. The average molecular weight is 491 g/mol. The second kappa shape index (κ2) is 11.8. The molecule has 3 aromatic rings. The Balaban J connectivity index is 1.96. The number of carbonyl (C=O) groups excluding carboxylic acids is 2. The summed E-state index contributed by atoms with van der Waals surface area (Å²) in [6.45, 7) is 9.23. The minimum atomic E-state index is -0.860. The van der Waals surface area contributed by atoms with E-state index in [2.05, 4.69) is 5.32 Å². The summed E-state index contributed by atoms with van der Waals surface area (Å²) >= 11 is 0. The third-order valence-electron chi connectivity index (χ3n) is 5.97. The van der Waals surface area contributed by atoms with Crippen molar-refractivity contribution in [2.45, 2.75) is 59.2 Å². The van der Waals surface area contributed by atoms with Gasteiger partial charge in [0.15, 0.2) is 6.61 Å². The zero-order chi connectivity index (χ0) is 26.3. The number of amides is 2. The molecule has 0 bridgehead atoms. The lowest BCUT2D eigenvalue weighted by atomic mass is 10.0. The van der Waals surface area contributed by atoms with Crippen LogP contribution in [0.1, 0.15) is 43.0 Å². The molecule has 0 heterocycles. The van der Waals surface area contributed by atoms with Crippen LogP contribution in [0.4, 0.5) is 4.39 Å². The number of aryl methyl sites for hydroxylation is 1. The molecule has 0 aliphatic heterocycles. The van der Waals surface area contributed by atoms with Crippen LogP contribution in [0.5, 0.6) is 5.75 Å². The Kier molecular flexibility index (Phi) is 8.86. The molecule has 3 aromatic carbocycles. The van der Waals surface area contributed by atoms with E-state index in [9.17, 15) is 14.0 Å². The molecule has 0 aliphatic carbocycles. The molecule has 36 heavy (non-hydrogen) atoms. The van der Waals surface area contributed by atoms with E-state index in [1.54, 1.807) is 18.2 Å². The predicted octanol–water partition coefficient (Wildman–Crippen LogP) is 5.38. The summed E-state index contributed by atoms with van der Waals surface area (Å²) in [5, 5.41) is 3.00. The van der Waals surface area contributed by atoms with Crippen LogP contribution in [0, 0.1) is 19.7 Å². The highest BCUT2D eigenvalue weighted by Gasteiger charge is 2.33. The lowest BCUT2D eigenvalue weighted by Gasteiger charge is -2.34. The van der Waals surface area contributed by atoms with E-state index >= 15 is 0 Å². The quantitative estimate of drug-likeness (QED) is 0.438. The van der Waals surface area contributed by atoms with E-state index in [1.165, 1.54) is 11.0 Å². The summed E-state index contributed by atoms with van der Waals surface area (Å²) < 4.78 is 20.5. The van der Waals surface area contributed by atoms with Crippen molar-refractivity contribution in [1.29, 1.82) is 0 Å². The number of hydrogen-bond acceptors (Lipinski definition) is 3. The van der Waals surface area contributed by atoms with E-state index in [4.69, 9.17) is 4.74 Å². The van der Waals surface area contributed by atoms with E-state index in [0.29, 0.717) is 11.3 Å². The van der Waals surface area contributed by atoms with Crippen molar-refractivity contribution in [2.75, 3.05) is 6.61 Å². The van der Waals surface area contributed by atoms with Gasteiger partial charge in [0.25, 0.3) is 5.91 Å². The molecule has 6 heteroatoms. The summed E-state index contributed by atoms with van der Waals surface area (Å²) in [4.78, 5) is 28.6. The van der Waals surface area contributed by atoms with Gasteiger partial charge in [-0.25, -0.2) is 4.39 Å². The first-order valence-corrected chi connectivity index (χ1v) is 12.1. The van der Waals surface area contributed by atoms with Crippen LogP contribution in [0.25, 0.3) is 0 Å². The summed E-state index contributed by atoms with van der Waals surface area (Å²) in [7, 11) is 0. The second-order valence-electron chi connectivity index (χ2n) is 10.0. The Morgan fingerprint density at radius 2 is 1.61 bits per heavy atom. The molecule has 1 N–H and O–H groups in total. The second-order valence-corrected chi connectivity index (χ2v) is 10.0. The monoisotopic (exact) mass is 490 g/mol. The first kappa shape index (κ1) is 26.9. The molecular formula is C30H35FN2O3. The molecule has 0 spiro atoms. The zero-order valence-electron chi connectivity index (χ0n) is 21.7. The molecule has 1 atom stereocenters. The molecule has 0 aliphatic rings. The highest BCUT2D eigenvalue weighted by molar-refractivity contribution is 5.89. The number of rotatable bonds is 9. The lowest BCUT2D eigenvalue weighted by Crippen LogP contribution is -2.55. The number of halogens is 1. The van der Waals surface area contributed by atoms with Crippen LogP contribution in [-0.2, 0) is 22.6 Å². The summed E-state index contributed by atoms with van der Waals surface area (Å²) in [5.41, 5.74) is 2.72. The maximum Gasteiger partial charge on any atom is 0.261 e. The number of benzene rings is 3. The van der Waals surface area contributed by atoms with Crippen LogP contribution in [-0.4, -0.2) is 34.9 Å². The predicted molar refractivity (Wildman–Crippen MR) is 140 cm³/mol. The van der Waals surface area contributed by atoms with Crippen LogP contribution >= 0.6 is 0 Å². The van der Waals surface area contributed by atoms with Gasteiger partial charge in [-0.2, -0.15) is 0 Å². The van der Waals surface area contributed by atoms with Crippen LogP contribution in [0.15, 0.2) is 72.8 Å². The summed E-state index contributed by atoms with van der Waals surface area (Å²) in [6.07, 6.45) is 0.284. The Labute approximate surface area is 213 Å². The average Bonchev–Trinajstić information content (AvgIpc) is 2.82. The lowest BCUT2D eigenvalue weighted by molar-refractivity contribution is -0.143. The van der Waals surface area contributed by atoms with Gasteiger partial charge in [-0.3, -0.25) is 9.59 Å². The molecular weight excluding hydrogens is 455 g/mol. The Morgan fingerprint density at radius 3 is 2.28 bits per heavy atom.